The van der Waals surface area contributed by atoms with E-state index >= 15 is 0 Å². The van der Waals surface area contributed by atoms with Crippen molar-refractivity contribution in [2.75, 3.05) is 24.0 Å². The van der Waals surface area contributed by atoms with Gasteiger partial charge >= 0.3 is 0 Å². The summed E-state index contributed by atoms with van der Waals surface area (Å²) < 4.78 is 1.93. The summed E-state index contributed by atoms with van der Waals surface area (Å²) in [7, 11) is 0. The zero-order valence-corrected chi connectivity index (χ0v) is 13.2. The molecule has 2 rings (SSSR count). The molecule has 2 aromatic rings. The Morgan fingerprint density at radius 2 is 2.20 bits per heavy atom. The Labute approximate surface area is 126 Å². The summed E-state index contributed by atoms with van der Waals surface area (Å²) in [5.74, 6) is 2.26. The van der Waals surface area contributed by atoms with Gasteiger partial charge in [-0.25, -0.2) is 0 Å². The predicted octanol–water partition coefficient (Wildman–Crippen LogP) is 2.00. The van der Waals surface area contributed by atoms with Crippen molar-refractivity contribution in [3.8, 4) is 0 Å². The molecule has 0 spiro atoms. The van der Waals surface area contributed by atoms with E-state index in [4.69, 9.17) is 0 Å². The van der Waals surface area contributed by atoms with Crippen LogP contribution in [0.1, 0.15) is 18.3 Å². The van der Waals surface area contributed by atoms with Gasteiger partial charge in [0, 0.05) is 6.20 Å². The van der Waals surface area contributed by atoms with Crippen LogP contribution in [-0.4, -0.2) is 44.5 Å². The molecule has 1 atom stereocenters. The number of carbonyl (C=O) groups excluding carboxylic acids is 1. The third-order valence-electron chi connectivity index (χ3n) is 2.87. The third-order valence-corrected chi connectivity index (χ3v) is 4.07. The maximum Gasteiger partial charge on any atom is 0.230 e. The summed E-state index contributed by atoms with van der Waals surface area (Å²) in [6, 6.07) is 5.68. The van der Waals surface area contributed by atoms with E-state index in [9.17, 15) is 4.79 Å². The van der Waals surface area contributed by atoms with E-state index in [2.05, 4.69) is 21.8 Å². The van der Waals surface area contributed by atoms with E-state index in [-0.39, 0.29) is 11.9 Å². The van der Waals surface area contributed by atoms with Crippen molar-refractivity contribution < 1.29 is 4.79 Å². The summed E-state index contributed by atoms with van der Waals surface area (Å²) >= 11 is 3.28. The van der Waals surface area contributed by atoms with E-state index in [0.29, 0.717) is 5.75 Å². The number of carbonyl (C=O) groups is 1. The van der Waals surface area contributed by atoms with Crippen molar-refractivity contribution in [3.63, 3.8) is 0 Å². The average molecular weight is 310 g/mol. The van der Waals surface area contributed by atoms with Crippen molar-refractivity contribution in [2.24, 2.45) is 0 Å². The molecule has 108 valence electrons. The molecule has 2 heterocycles. The van der Waals surface area contributed by atoms with Gasteiger partial charge in [0.15, 0.2) is 11.5 Å². The maximum atomic E-state index is 11.9. The van der Waals surface area contributed by atoms with Gasteiger partial charge in [-0.15, -0.1) is 10.2 Å². The molecule has 7 heteroatoms. The molecule has 0 unspecified atom stereocenters. The molecule has 0 fully saturated rings. The first-order chi connectivity index (χ1) is 9.76. The van der Waals surface area contributed by atoms with Crippen LogP contribution in [0.4, 0.5) is 0 Å². The molecule has 0 aliphatic heterocycles. The molecule has 1 N–H and O–H groups in total. The molecule has 0 bridgehead atoms. The second kappa shape index (κ2) is 7.54. The lowest BCUT2D eigenvalue weighted by Gasteiger charge is -2.16. The van der Waals surface area contributed by atoms with Crippen molar-refractivity contribution in [1.29, 1.82) is 0 Å². The van der Waals surface area contributed by atoms with Gasteiger partial charge in [0.2, 0.25) is 5.91 Å². The Bertz CT molecular complexity index is 572. The molecular formula is C13H18N4OS2. The lowest BCUT2D eigenvalue weighted by Crippen LogP contribution is -2.31. The van der Waals surface area contributed by atoms with Crippen molar-refractivity contribution in [2.45, 2.75) is 12.5 Å². The number of nitrogens with one attached hydrogen (secondary N) is 1. The SMILES string of the molecule is CSCC[C@@H](NC(=O)CSC)c1nnc2ccccn12. The minimum absolute atomic E-state index is 0.0382. The molecule has 0 aliphatic carbocycles. The number of fused-ring (bicyclic) bond motifs is 1. The van der Waals surface area contributed by atoms with Gasteiger partial charge in [0.1, 0.15) is 0 Å². The van der Waals surface area contributed by atoms with Crippen LogP contribution in [-0.2, 0) is 4.79 Å². The van der Waals surface area contributed by atoms with Crippen LogP contribution in [0.2, 0.25) is 0 Å². The van der Waals surface area contributed by atoms with E-state index < -0.39 is 0 Å². The Morgan fingerprint density at radius 3 is 2.95 bits per heavy atom. The van der Waals surface area contributed by atoms with Gasteiger partial charge < -0.3 is 5.32 Å². The third kappa shape index (κ3) is 3.67. The van der Waals surface area contributed by atoms with Crippen LogP contribution in [0.3, 0.4) is 0 Å². The minimum Gasteiger partial charge on any atom is -0.345 e. The number of rotatable bonds is 7. The molecule has 0 radical (unpaired) electrons. The second-order valence-corrected chi connectivity index (χ2v) is 6.17. The summed E-state index contributed by atoms with van der Waals surface area (Å²) in [6.07, 6.45) is 6.75. The number of nitrogens with zero attached hydrogens (tertiary/aromatic N) is 3. The highest BCUT2D eigenvalue weighted by Crippen LogP contribution is 2.18. The number of pyridine rings is 1. The summed E-state index contributed by atoms with van der Waals surface area (Å²) in [5, 5.41) is 11.4. The largest absolute Gasteiger partial charge is 0.345 e. The van der Waals surface area contributed by atoms with Crippen LogP contribution in [0, 0.1) is 0 Å². The van der Waals surface area contributed by atoms with Gasteiger partial charge in [-0.2, -0.15) is 23.5 Å². The summed E-state index contributed by atoms with van der Waals surface area (Å²) in [4.78, 5) is 11.9. The van der Waals surface area contributed by atoms with Crippen LogP contribution >= 0.6 is 23.5 Å². The van der Waals surface area contributed by atoms with Gasteiger partial charge in [0.25, 0.3) is 0 Å². The molecule has 0 aromatic carbocycles. The molecule has 0 saturated carbocycles. The fourth-order valence-corrected chi connectivity index (χ4v) is 2.78. The fraction of sp³-hybridized carbons (Fsp3) is 0.462. The molecule has 1 amide bonds. The highest BCUT2D eigenvalue weighted by molar-refractivity contribution is 7.99. The first-order valence-corrected chi connectivity index (χ1v) is 9.12. The first-order valence-electron chi connectivity index (χ1n) is 6.33. The second-order valence-electron chi connectivity index (χ2n) is 4.32. The number of aromatic nitrogens is 3. The standard InChI is InChI=1S/C13H18N4OS2/c1-19-8-6-10(14-12(18)9-20-2)13-16-15-11-5-3-4-7-17(11)13/h3-5,7,10H,6,8-9H2,1-2H3,(H,14,18)/t10-/m1/s1. The van der Waals surface area contributed by atoms with E-state index in [0.717, 1.165) is 23.6 Å². The molecule has 2 aromatic heterocycles. The van der Waals surface area contributed by atoms with Crippen molar-refractivity contribution >= 4 is 35.1 Å². The topological polar surface area (TPSA) is 59.3 Å². The Hall–Kier alpha value is -1.21. The Kier molecular flexibility index (Phi) is 5.72. The van der Waals surface area contributed by atoms with E-state index in [1.807, 2.05) is 35.1 Å². The summed E-state index contributed by atoms with van der Waals surface area (Å²) in [5.41, 5.74) is 0.802. The zero-order chi connectivity index (χ0) is 14.4. The van der Waals surface area contributed by atoms with Crippen molar-refractivity contribution in [3.05, 3.63) is 30.2 Å². The first kappa shape index (κ1) is 15.2. The predicted molar refractivity (Wildman–Crippen MR) is 85.3 cm³/mol. The Balaban J connectivity index is 2.23. The minimum atomic E-state index is -0.0977. The van der Waals surface area contributed by atoms with E-state index in [1.54, 1.807) is 11.8 Å². The quantitative estimate of drug-likeness (QED) is 0.847. The van der Waals surface area contributed by atoms with Gasteiger partial charge in [-0.1, -0.05) is 6.07 Å². The lowest BCUT2D eigenvalue weighted by molar-refractivity contribution is -0.119. The smallest absolute Gasteiger partial charge is 0.230 e. The Morgan fingerprint density at radius 1 is 1.35 bits per heavy atom. The van der Waals surface area contributed by atoms with Gasteiger partial charge in [0.05, 0.1) is 11.8 Å². The zero-order valence-electron chi connectivity index (χ0n) is 11.6. The van der Waals surface area contributed by atoms with Crippen molar-refractivity contribution in [1.82, 2.24) is 19.9 Å². The van der Waals surface area contributed by atoms with E-state index in [1.165, 1.54) is 11.8 Å². The molecule has 0 aliphatic rings. The number of hydrogen-bond donors (Lipinski definition) is 1. The molecule has 5 nitrogen and oxygen atoms in total. The average Bonchev–Trinajstić information content (AvgIpc) is 2.87. The lowest BCUT2D eigenvalue weighted by atomic mass is 10.2. The highest BCUT2D eigenvalue weighted by atomic mass is 32.2. The molecule has 0 saturated heterocycles. The highest BCUT2D eigenvalue weighted by Gasteiger charge is 2.19. The maximum absolute atomic E-state index is 11.9. The normalized spacial score (nSPS) is 12.5. The number of thioether (sulfide) groups is 2. The molecular weight excluding hydrogens is 292 g/mol. The van der Waals surface area contributed by atoms with Crippen LogP contribution in [0.25, 0.3) is 5.65 Å². The summed E-state index contributed by atoms with van der Waals surface area (Å²) in [6.45, 7) is 0. The number of hydrogen-bond acceptors (Lipinski definition) is 5. The fourth-order valence-electron chi connectivity index (χ4n) is 1.97. The van der Waals surface area contributed by atoms with Crippen LogP contribution in [0.15, 0.2) is 24.4 Å². The van der Waals surface area contributed by atoms with Crippen LogP contribution < -0.4 is 5.32 Å². The molecule has 20 heavy (non-hydrogen) atoms. The van der Waals surface area contributed by atoms with Gasteiger partial charge in [-0.05, 0) is 36.8 Å². The van der Waals surface area contributed by atoms with Crippen LogP contribution in [0.5, 0.6) is 0 Å². The monoisotopic (exact) mass is 310 g/mol. The number of amides is 1. The van der Waals surface area contributed by atoms with Gasteiger partial charge in [-0.3, -0.25) is 9.20 Å².